The van der Waals surface area contributed by atoms with Crippen LogP contribution in [0.3, 0.4) is 0 Å². The molecule has 3 N–H and O–H groups in total. The first-order chi connectivity index (χ1) is 7.61. The lowest BCUT2D eigenvalue weighted by atomic mass is 10.1. The van der Waals surface area contributed by atoms with Gasteiger partial charge in [-0.25, -0.2) is 0 Å². The molecule has 0 aliphatic rings. The third-order valence-corrected chi connectivity index (χ3v) is 2.26. The monoisotopic (exact) mass is 230 g/mol. The SMILES string of the molecule is CCCCC(NCCC(=O)NCC)C(=O)O. The topological polar surface area (TPSA) is 78.4 Å². The van der Waals surface area contributed by atoms with E-state index >= 15 is 0 Å². The summed E-state index contributed by atoms with van der Waals surface area (Å²) in [6, 6.07) is -0.533. The molecule has 0 rings (SSSR count). The lowest BCUT2D eigenvalue weighted by Gasteiger charge is -2.13. The number of aliphatic carboxylic acids is 1. The highest BCUT2D eigenvalue weighted by Gasteiger charge is 2.15. The molecule has 0 radical (unpaired) electrons. The highest BCUT2D eigenvalue weighted by Crippen LogP contribution is 2.00. The van der Waals surface area contributed by atoms with Crippen LogP contribution in [0.5, 0.6) is 0 Å². The summed E-state index contributed by atoms with van der Waals surface area (Å²) in [6.45, 7) is 4.89. The summed E-state index contributed by atoms with van der Waals surface area (Å²) >= 11 is 0. The number of unbranched alkanes of at least 4 members (excludes halogenated alkanes) is 1. The van der Waals surface area contributed by atoms with E-state index in [0.29, 0.717) is 25.9 Å². The third kappa shape index (κ3) is 7.23. The van der Waals surface area contributed by atoms with E-state index in [4.69, 9.17) is 5.11 Å². The average molecular weight is 230 g/mol. The predicted molar refractivity (Wildman–Crippen MR) is 62.3 cm³/mol. The first kappa shape index (κ1) is 14.9. The molecule has 0 bridgehead atoms. The zero-order valence-corrected chi connectivity index (χ0v) is 10.1. The number of carbonyl (C=O) groups is 2. The fourth-order valence-electron chi connectivity index (χ4n) is 1.37. The molecule has 0 aromatic heterocycles. The molecule has 0 aromatic carbocycles. The highest BCUT2D eigenvalue weighted by molar-refractivity contribution is 5.76. The van der Waals surface area contributed by atoms with Crippen molar-refractivity contribution in [2.24, 2.45) is 0 Å². The highest BCUT2D eigenvalue weighted by atomic mass is 16.4. The Morgan fingerprint density at radius 1 is 1.31 bits per heavy atom. The van der Waals surface area contributed by atoms with Crippen molar-refractivity contribution in [1.29, 1.82) is 0 Å². The van der Waals surface area contributed by atoms with Crippen molar-refractivity contribution in [1.82, 2.24) is 10.6 Å². The molecule has 5 heteroatoms. The minimum Gasteiger partial charge on any atom is -0.480 e. The summed E-state index contributed by atoms with van der Waals surface area (Å²) in [5, 5.41) is 14.5. The number of carboxylic acids is 1. The van der Waals surface area contributed by atoms with Gasteiger partial charge in [0.1, 0.15) is 6.04 Å². The van der Waals surface area contributed by atoms with Gasteiger partial charge in [0.05, 0.1) is 0 Å². The van der Waals surface area contributed by atoms with Crippen molar-refractivity contribution in [3.05, 3.63) is 0 Å². The van der Waals surface area contributed by atoms with Crippen LogP contribution in [0.4, 0.5) is 0 Å². The number of rotatable bonds is 9. The lowest BCUT2D eigenvalue weighted by Crippen LogP contribution is -2.38. The van der Waals surface area contributed by atoms with Gasteiger partial charge >= 0.3 is 5.97 Å². The van der Waals surface area contributed by atoms with Crippen LogP contribution in [0, 0.1) is 0 Å². The summed E-state index contributed by atoms with van der Waals surface area (Å²) in [6.07, 6.45) is 2.79. The summed E-state index contributed by atoms with van der Waals surface area (Å²) in [7, 11) is 0. The Bertz CT molecular complexity index is 219. The second-order valence-corrected chi connectivity index (χ2v) is 3.69. The molecule has 1 atom stereocenters. The molecule has 0 saturated carbocycles. The fourth-order valence-corrected chi connectivity index (χ4v) is 1.37. The van der Waals surface area contributed by atoms with Gasteiger partial charge in [-0.15, -0.1) is 0 Å². The second-order valence-electron chi connectivity index (χ2n) is 3.69. The van der Waals surface area contributed by atoms with Gasteiger partial charge in [0.2, 0.25) is 5.91 Å². The maximum Gasteiger partial charge on any atom is 0.320 e. The second kappa shape index (κ2) is 9.15. The molecule has 5 nitrogen and oxygen atoms in total. The van der Waals surface area contributed by atoms with Gasteiger partial charge in [0, 0.05) is 19.5 Å². The molecule has 0 aliphatic carbocycles. The van der Waals surface area contributed by atoms with Crippen LogP contribution in [-0.2, 0) is 9.59 Å². The van der Waals surface area contributed by atoms with E-state index in [1.165, 1.54) is 0 Å². The molecule has 0 spiro atoms. The zero-order chi connectivity index (χ0) is 12.4. The van der Waals surface area contributed by atoms with Crippen molar-refractivity contribution in [3.63, 3.8) is 0 Å². The number of carbonyl (C=O) groups excluding carboxylic acids is 1. The molecular weight excluding hydrogens is 208 g/mol. The Morgan fingerprint density at radius 2 is 2.00 bits per heavy atom. The van der Waals surface area contributed by atoms with E-state index in [9.17, 15) is 9.59 Å². The first-order valence-corrected chi connectivity index (χ1v) is 5.84. The molecule has 16 heavy (non-hydrogen) atoms. The van der Waals surface area contributed by atoms with E-state index in [0.717, 1.165) is 12.8 Å². The molecule has 0 saturated heterocycles. The van der Waals surface area contributed by atoms with E-state index in [2.05, 4.69) is 10.6 Å². The van der Waals surface area contributed by atoms with Gasteiger partial charge in [-0.2, -0.15) is 0 Å². The van der Waals surface area contributed by atoms with E-state index < -0.39 is 12.0 Å². The Hall–Kier alpha value is -1.10. The largest absolute Gasteiger partial charge is 0.480 e. The van der Waals surface area contributed by atoms with Crippen LogP contribution in [0.15, 0.2) is 0 Å². The molecule has 1 amide bonds. The van der Waals surface area contributed by atoms with Crippen LogP contribution < -0.4 is 10.6 Å². The van der Waals surface area contributed by atoms with Crippen molar-refractivity contribution in [3.8, 4) is 0 Å². The lowest BCUT2D eigenvalue weighted by molar-refractivity contribution is -0.139. The van der Waals surface area contributed by atoms with Gasteiger partial charge in [-0.3, -0.25) is 9.59 Å². The number of carboxylic acid groups (broad SMARTS) is 1. The van der Waals surface area contributed by atoms with Gasteiger partial charge in [0.15, 0.2) is 0 Å². The predicted octanol–water partition coefficient (Wildman–Crippen LogP) is 0.746. The minimum absolute atomic E-state index is 0.0466. The smallest absolute Gasteiger partial charge is 0.320 e. The number of hydrogen-bond donors (Lipinski definition) is 3. The van der Waals surface area contributed by atoms with Gasteiger partial charge in [-0.05, 0) is 13.3 Å². The Labute approximate surface area is 96.6 Å². The molecule has 0 aliphatic heterocycles. The van der Waals surface area contributed by atoms with Crippen molar-refractivity contribution < 1.29 is 14.7 Å². The summed E-state index contributed by atoms with van der Waals surface area (Å²) in [4.78, 5) is 22.0. The van der Waals surface area contributed by atoms with Gasteiger partial charge < -0.3 is 15.7 Å². The summed E-state index contributed by atoms with van der Waals surface area (Å²) in [5.74, 6) is -0.890. The van der Waals surface area contributed by atoms with Crippen molar-refractivity contribution in [2.45, 2.75) is 45.6 Å². The molecule has 94 valence electrons. The van der Waals surface area contributed by atoms with Gasteiger partial charge in [0.25, 0.3) is 0 Å². The quantitative estimate of drug-likeness (QED) is 0.546. The maximum atomic E-state index is 11.1. The van der Waals surface area contributed by atoms with Crippen molar-refractivity contribution >= 4 is 11.9 Å². The molecule has 0 fully saturated rings. The van der Waals surface area contributed by atoms with Crippen LogP contribution in [0.1, 0.15) is 39.5 Å². The standard InChI is InChI=1S/C11H22N2O3/c1-3-5-6-9(11(15)16)13-8-7-10(14)12-4-2/h9,13H,3-8H2,1-2H3,(H,12,14)(H,15,16). The normalized spacial score (nSPS) is 12.1. The number of hydrogen-bond acceptors (Lipinski definition) is 3. The average Bonchev–Trinajstić information content (AvgIpc) is 2.23. The Morgan fingerprint density at radius 3 is 2.50 bits per heavy atom. The summed E-state index contributed by atoms with van der Waals surface area (Å²) in [5.41, 5.74) is 0. The Kier molecular flexibility index (Phi) is 8.52. The number of amides is 1. The van der Waals surface area contributed by atoms with E-state index in [1.807, 2.05) is 13.8 Å². The molecular formula is C11H22N2O3. The minimum atomic E-state index is -0.843. The van der Waals surface area contributed by atoms with Crippen LogP contribution in [0.2, 0.25) is 0 Å². The van der Waals surface area contributed by atoms with E-state index in [-0.39, 0.29) is 5.91 Å². The maximum absolute atomic E-state index is 11.1. The molecule has 1 unspecified atom stereocenters. The zero-order valence-electron chi connectivity index (χ0n) is 10.1. The van der Waals surface area contributed by atoms with Gasteiger partial charge in [-0.1, -0.05) is 19.8 Å². The number of nitrogens with one attached hydrogen (secondary N) is 2. The Balaban J connectivity index is 3.75. The third-order valence-electron chi connectivity index (χ3n) is 2.26. The molecule has 0 heterocycles. The first-order valence-electron chi connectivity index (χ1n) is 5.84. The molecule has 0 aromatic rings. The fraction of sp³-hybridized carbons (Fsp3) is 0.818. The van der Waals surface area contributed by atoms with Crippen molar-refractivity contribution in [2.75, 3.05) is 13.1 Å². The van der Waals surface area contributed by atoms with Crippen LogP contribution in [0.25, 0.3) is 0 Å². The summed E-state index contributed by atoms with van der Waals surface area (Å²) < 4.78 is 0. The van der Waals surface area contributed by atoms with Crippen LogP contribution in [-0.4, -0.2) is 36.1 Å². The van der Waals surface area contributed by atoms with E-state index in [1.54, 1.807) is 0 Å². The van der Waals surface area contributed by atoms with Crippen LogP contribution >= 0.6 is 0 Å².